The van der Waals surface area contributed by atoms with Crippen molar-refractivity contribution in [2.24, 2.45) is 0 Å². The van der Waals surface area contributed by atoms with Gasteiger partial charge in [0.1, 0.15) is 6.61 Å². The summed E-state index contributed by atoms with van der Waals surface area (Å²) < 4.78 is 5.19. The van der Waals surface area contributed by atoms with E-state index in [1.807, 2.05) is 60.7 Å². The molecule has 0 spiro atoms. The van der Waals surface area contributed by atoms with Gasteiger partial charge in [-0.3, -0.25) is 4.79 Å². The van der Waals surface area contributed by atoms with Gasteiger partial charge in [-0.2, -0.15) is 0 Å². The van der Waals surface area contributed by atoms with Crippen LogP contribution in [0.25, 0.3) is 0 Å². The van der Waals surface area contributed by atoms with Gasteiger partial charge in [0.2, 0.25) is 5.91 Å². The summed E-state index contributed by atoms with van der Waals surface area (Å²) in [5.41, 5.74) is 1.76. The zero-order valence-electron chi connectivity index (χ0n) is 11.9. The maximum atomic E-state index is 12.0. The number of nitrogens with zero attached hydrogens (tertiary/aromatic N) is 1. The molecule has 0 saturated heterocycles. The van der Waals surface area contributed by atoms with Crippen molar-refractivity contribution in [1.82, 2.24) is 4.90 Å². The molecule has 4 heteroatoms. The molecule has 0 bridgehead atoms. The predicted molar refractivity (Wildman–Crippen MR) is 79.3 cm³/mol. The van der Waals surface area contributed by atoms with E-state index in [1.165, 1.54) is 6.92 Å². The molecule has 0 aliphatic rings. The highest BCUT2D eigenvalue weighted by molar-refractivity contribution is 5.90. The Morgan fingerprint density at radius 1 is 0.905 bits per heavy atom. The number of amides is 2. The van der Waals surface area contributed by atoms with E-state index in [4.69, 9.17) is 4.74 Å². The molecule has 2 amide bonds. The van der Waals surface area contributed by atoms with Crippen LogP contribution in [0, 0.1) is 0 Å². The first-order valence-electron chi connectivity index (χ1n) is 6.69. The summed E-state index contributed by atoms with van der Waals surface area (Å²) in [6.07, 6.45) is -0.629. The molecule has 2 rings (SSSR count). The van der Waals surface area contributed by atoms with Crippen LogP contribution >= 0.6 is 0 Å². The Hall–Kier alpha value is -2.62. The van der Waals surface area contributed by atoms with Gasteiger partial charge in [-0.15, -0.1) is 0 Å². The largest absolute Gasteiger partial charge is 0.444 e. The summed E-state index contributed by atoms with van der Waals surface area (Å²) in [4.78, 5) is 24.8. The van der Waals surface area contributed by atoms with Crippen LogP contribution in [0.2, 0.25) is 0 Å². The molecule has 0 saturated carbocycles. The molecule has 0 aliphatic carbocycles. The van der Waals surface area contributed by atoms with E-state index in [0.29, 0.717) is 0 Å². The Morgan fingerprint density at radius 3 is 1.95 bits per heavy atom. The number of imide groups is 1. The van der Waals surface area contributed by atoms with E-state index < -0.39 is 6.09 Å². The number of benzene rings is 2. The van der Waals surface area contributed by atoms with E-state index in [9.17, 15) is 9.59 Å². The fourth-order valence-electron chi connectivity index (χ4n) is 1.87. The average Bonchev–Trinajstić information content (AvgIpc) is 2.52. The highest BCUT2D eigenvalue weighted by Crippen LogP contribution is 2.08. The SMILES string of the molecule is CC(=O)N(Cc1ccccc1)C(=O)OCc1ccccc1. The molecule has 0 N–H and O–H groups in total. The number of ether oxygens (including phenoxy) is 1. The van der Waals surface area contributed by atoms with Gasteiger partial charge in [-0.25, -0.2) is 9.69 Å². The van der Waals surface area contributed by atoms with Crippen LogP contribution in [0.3, 0.4) is 0 Å². The predicted octanol–water partition coefficient (Wildman–Crippen LogP) is 3.37. The Balaban J connectivity index is 1.98. The monoisotopic (exact) mass is 283 g/mol. The maximum absolute atomic E-state index is 12.0. The lowest BCUT2D eigenvalue weighted by Crippen LogP contribution is -2.35. The van der Waals surface area contributed by atoms with Gasteiger partial charge in [0, 0.05) is 6.92 Å². The van der Waals surface area contributed by atoms with Crippen molar-refractivity contribution >= 4 is 12.0 Å². The molecule has 0 radical (unpaired) electrons. The third-order valence-corrected chi connectivity index (χ3v) is 2.99. The summed E-state index contributed by atoms with van der Waals surface area (Å²) in [6, 6.07) is 18.7. The van der Waals surface area contributed by atoms with E-state index in [2.05, 4.69) is 0 Å². The molecule has 2 aromatic rings. The molecule has 0 fully saturated rings. The summed E-state index contributed by atoms with van der Waals surface area (Å²) in [5, 5.41) is 0. The summed E-state index contributed by atoms with van der Waals surface area (Å²) >= 11 is 0. The smallest absolute Gasteiger partial charge is 0.417 e. The normalized spacial score (nSPS) is 9.95. The first-order valence-corrected chi connectivity index (χ1v) is 6.69. The molecule has 0 unspecified atom stereocenters. The Kier molecular flexibility index (Phi) is 5.10. The number of hydrogen-bond donors (Lipinski definition) is 0. The first kappa shape index (κ1) is 14.8. The Morgan fingerprint density at radius 2 is 1.43 bits per heavy atom. The molecule has 0 atom stereocenters. The van der Waals surface area contributed by atoms with Crippen LogP contribution < -0.4 is 0 Å². The summed E-state index contributed by atoms with van der Waals surface area (Å²) in [6.45, 7) is 1.72. The standard InChI is InChI=1S/C17H17NO3/c1-14(19)18(12-15-8-4-2-5-9-15)17(20)21-13-16-10-6-3-7-11-16/h2-11H,12-13H2,1H3. The first-order chi connectivity index (χ1) is 10.2. The fraction of sp³-hybridized carbons (Fsp3) is 0.176. The molecular formula is C17H17NO3. The number of carbonyl (C=O) groups excluding carboxylic acids is 2. The van der Waals surface area contributed by atoms with Crippen LogP contribution in [0.5, 0.6) is 0 Å². The Labute approximate surface area is 124 Å². The molecule has 108 valence electrons. The van der Waals surface area contributed by atoms with Gasteiger partial charge in [-0.05, 0) is 11.1 Å². The van der Waals surface area contributed by atoms with Crippen LogP contribution in [0.4, 0.5) is 4.79 Å². The highest BCUT2D eigenvalue weighted by atomic mass is 16.6. The third kappa shape index (κ3) is 4.45. The lowest BCUT2D eigenvalue weighted by atomic mass is 10.2. The molecule has 2 aromatic carbocycles. The second-order valence-electron chi connectivity index (χ2n) is 4.63. The topological polar surface area (TPSA) is 46.6 Å². The minimum absolute atomic E-state index is 0.151. The maximum Gasteiger partial charge on any atom is 0.417 e. The summed E-state index contributed by atoms with van der Waals surface area (Å²) in [5.74, 6) is -0.336. The molecule has 0 aromatic heterocycles. The van der Waals surface area contributed by atoms with Crippen LogP contribution in [-0.2, 0) is 22.7 Å². The van der Waals surface area contributed by atoms with Gasteiger partial charge in [-0.1, -0.05) is 60.7 Å². The van der Waals surface area contributed by atoms with Crippen molar-refractivity contribution in [3.05, 3.63) is 71.8 Å². The van der Waals surface area contributed by atoms with Gasteiger partial charge < -0.3 is 4.74 Å². The quantitative estimate of drug-likeness (QED) is 0.864. The highest BCUT2D eigenvalue weighted by Gasteiger charge is 2.19. The van der Waals surface area contributed by atoms with E-state index in [1.54, 1.807) is 0 Å². The Bertz CT molecular complexity index is 596. The van der Waals surface area contributed by atoms with Crippen LogP contribution in [0.1, 0.15) is 18.1 Å². The van der Waals surface area contributed by atoms with Crippen LogP contribution in [-0.4, -0.2) is 16.9 Å². The van der Waals surface area contributed by atoms with Crippen molar-refractivity contribution in [1.29, 1.82) is 0 Å². The van der Waals surface area contributed by atoms with E-state index in [-0.39, 0.29) is 19.1 Å². The molecular weight excluding hydrogens is 266 g/mol. The zero-order chi connectivity index (χ0) is 15.1. The second kappa shape index (κ2) is 7.24. The van der Waals surface area contributed by atoms with Gasteiger partial charge in [0.25, 0.3) is 0 Å². The number of rotatable bonds is 4. The molecule has 0 heterocycles. The number of hydrogen-bond acceptors (Lipinski definition) is 3. The molecule has 4 nitrogen and oxygen atoms in total. The van der Waals surface area contributed by atoms with Gasteiger partial charge >= 0.3 is 6.09 Å². The lowest BCUT2D eigenvalue weighted by molar-refractivity contribution is -0.127. The van der Waals surface area contributed by atoms with Crippen molar-refractivity contribution in [2.45, 2.75) is 20.1 Å². The third-order valence-electron chi connectivity index (χ3n) is 2.99. The lowest BCUT2D eigenvalue weighted by Gasteiger charge is -2.18. The number of carbonyl (C=O) groups is 2. The van der Waals surface area contributed by atoms with Crippen molar-refractivity contribution < 1.29 is 14.3 Å². The van der Waals surface area contributed by atoms with E-state index >= 15 is 0 Å². The van der Waals surface area contributed by atoms with Crippen molar-refractivity contribution in [3.8, 4) is 0 Å². The van der Waals surface area contributed by atoms with Crippen molar-refractivity contribution in [3.63, 3.8) is 0 Å². The van der Waals surface area contributed by atoms with Crippen LogP contribution in [0.15, 0.2) is 60.7 Å². The average molecular weight is 283 g/mol. The summed E-state index contributed by atoms with van der Waals surface area (Å²) in [7, 11) is 0. The van der Waals surface area contributed by atoms with Crippen molar-refractivity contribution in [2.75, 3.05) is 0 Å². The minimum Gasteiger partial charge on any atom is -0.444 e. The molecule has 0 aliphatic heterocycles. The van der Waals surface area contributed by atoms with Gasteiger partial charge in [0.05, 0.1) is 6.54 Å². The van der Waals surface area contributed by atoms with Gasteiger partial charge in [0.15, 0.2) is 0 Å². The zero-order valence-corrected chi connectivity index (χ0v) is 11.9. The molecule has 21 heavy (non-hydrogen) atoms. The second-order valence-corrected chi connectivity index (χ2v) is 4.63. The van der Waals surface area contributed by atoms with E-state index in [0.717, 1.165) is 16.0 Å². The fourth-order valence-corrected chi connectivity index (χ4v) is 1.87. The minimum atomic E-state index is -0.629.